The number of likely N-dealkylation sites (tertiary alicyclic amines) is 1. The number of carbonyl (C=O) groups excluding carboxylic acids is 1. The van der Waals surface area contributed by atoms with E-state index in [2.05, 4.69) is 0 Å². The maximum Gasteiger partial charge on any atom is 0.224 e. The molecule has 0 radical (unpaired) electrons. The fourth-order valence-electron chi connectivity index (χ4n) is 1.03. The van der Waals surface area contributed by atoms with Gasteiger partial charge in [0, 0.05) is 13.5 Å². The van der Waals surface area contributed by atoms with Crippen molar-refractivity contribution in [1.82, 2.24) is 4.90 Å². The van der Waals surface area contributed by atoms with Gasteiger partial charge >= 0.3 is 0 Å². The zero-order chi connectivity index (χ0) is 7.02. The molecule has 1 fully saturated rings. The molecule has 1 unspecified atom stereocenters. The minimum Gasteiger partial charge on any atom is -0.391 e. The van der Waals surface area contributed by atoms with Crippen LogP contribution in [0.2, 0.25) is 0 Å². The van der Waals surface area contributed by atoms with Gasteiger partial charge in [0.05, 0.1) is 12.1 Å². The lowest BCUT2D eigenvalue weighted by molar-refractivity contribution is -0.148. The molecule has 1 heterocycles. The Bertz CT molecular complexity index is 133. The molecule has 0 aromatic rings. The summed E-state index contributed by atoms with van der Waals surface area (Å²) < 4.78 is 0. The van der Waals surface area contributed by atoms with E-state index in [1.165, 1.54) is 0 Å². The zero-order valence-corrected chi connectivity index (χ0v) is 5.66. The first-order chi connectivity index (χ1) is 4.13. The summed E-state index contributed by atoms with van der Waals surface area (Å²) in [5.41, 5.74) is 0. The van der Waals surface area contributed by atoms with Gasteiger partial charge in [-0.05, 0) is 6.92 Å². The number of likely N-dealkylation sites (N-methyl/N-ethyl adjacent to an activating group) is 1. The van der Waals surface area contributed by atoms with Gasteiger partial charge in [-0.25, -0.2) is 0 Å². The Morgan fingerprint density at radius 3 is 2.56 bits per heavy atom. The molecule has 0 aliphatic carbocycles. The molecule has 1 aliphatic heterocycles. The summed E-state index contributed by atoms with van der Waals surface area (Å²) in [7, 11) is 1.71. The van der Waals surface area contributed by atoms with E-state index in [-0.39, 0.29) is 18.1 Å². The van der Waals surface area contributed by atoms with E-state index >= 15 is 0 Å². The van der Waals surface area contributed by atoms with Gasteiger partial charge in [-0.3, -0.25) is 4.79 Å². The number of carbonyl (C=O) groups is 1. The molecule has 2 atom stereocenters. The molecule has 3 nitrogen and oxygen atoms in total. The van der Waals surface area contributed by atoms with E-state index in [9.17, 15) is 4.79 Å². The van der Waals surface area contributed by atoms with Crippen molar-refractivity contribution in [3.63, 3.8) is 0 Å². The summed E-state index contributed by atoms with van der Waals surface area (Å²) >= 11 is 0. The average Bonchev–Trinajstić information content (AvgIpc) is 1.81. The van der Waals surface area contributed by atoms with Crippen molar-refractivity contribution in [1.29, 1.82) is 0 Å². The number of aliphatic hydroxyl groups is 1. The second kappa shape index (κ2) is 1.99. The molecule has 1 N–H and O–H groups in total. The first kappa shape index (κ1) is 6.55. The summed E-state index contributed by atoms with van der Waals surface area (Å²) in [5, 5.41) is 8.97. The minimum atomic E-state index is -0.382. The first-order valence-corrected chi connectivity index (χ1v) is 3.06. The molecule has 0 saturated carbocycles. The monoisotopic (exact) mass is 129 g/mol. The third kappa shape index (κ3) is 0.920. The highest BCUT2D eigenvalue weighted by molar-refractivity contribution is 5.82. The SMILES string of the molecule is CC(O)[C@@H]1CC(=O)N1C. The van der Waals surface area contributed by atoms with Crippen molar-refractivity contribution in [3.05, 3.63) is 0 Å². The zero-order valence-electron chi connectivity index (χ0n) is 5.66. The Kier molecular flexibility index (Phi) is 1.45. The summed E-state index contributed by atoms with van der Waals surface area (Å²) in [6, 6.07) is 0.0671. The summed E-state index contributed by atoms with van der Waals surface area (Å²) in [5.74, 6) is 0.126. The average molecular weight is 129 g/mol. The van der Waals surface area contributed by atoms with Crippen LogP contribution in [0.15, 0.2) is 0 Å². The van der Waals surface area contributed by atoms with Crippen molar-refractivity contribution in [3.8, 4) is 0 Å². The third-order valence-corrected chi connectivity index (χ3v) is 1.83. The third-order valence-electron chi connectivity index (χ3n) is 1.83. The fourth-order valence-corrected chi connectivity index (χ4v) is 1.03. The summed E-state index contributed by atoms with van der Waals surface area (Å²) in [4.78, 5) is 12.1. The Hall–Kier alpha value is -0.570. The van der Waals surface area contributed by atoms with Gasteiger partial charge in [0.1, 0.15) is 0 Å². The molecule has 1 amide bonds. The van der Waals surface area contributed by atoms with Crippen LogP contribution in [0.3, 0.4) is 0 Å². The van der Waals surface area contributed by atoms with Crippen LogP contribution >= 0.6 is 0 Å². The normalized spacial score (nSPS) is 29.9. The molecular formula is C6H11NO2. The predicted octanol–water partition coefficient (Wildman–Crippen LogP) is -0.402. The van der Waals surface area contributed by atoms with Gasteiger partial charge in [0.2, 0.25) is 5.91 Å². The highest BCUT2D eigenvalue weighted by Gasteiger charge is 2.35. The lowest BCUT2D eigenvalue weighted by atomic mass is 9.99. The van der Waals surface area contributed by atoms with Crippen LogP contribution in [0.1, 0.15) is 13.3 Å². The van der Waals surface area contributed by atoms with Crippen molar-refractivity contribution in [2.45, 2.75) is 25.5 Å². The Labute approximate surface area is 54.3 Å². The van der Waals surface area contributed by atoms with Gasteiger partial charge in [0.25, 0.3) is 0 Å². The van der Waals surface area contributed by atoms with E-state index < -0.39 is 0 Å². The highest BCUT2D eigenvalue weighted by Crippen LogP contribution is 2.18. The highest BCUT2D eigenvalue weighted by atomic mass is 16.3. The van der Waals surface area contributed by atoms with E-state index in [0.29, 0.717) is 6.42 Å². The number of aliphatic hydroxyl groups excluding tert-OH is 1. The predicted molar refractivity (Wildman–Crippen MR) is 32.9 cm³/mol. The van der Waals surface area contributed by atoms with Gasteiger partial charge < -0.3 is 10.0 Å². The van der Waals surface area contributed by atoms with Crippen LogP contribution in [0.25, 0.3) is 0 Å². The standard InChI is InChI=1S/C6H11NO2/c1-4(8)5-3-6(9)7(5)2/h4-5,8H,3H2,1-2H3/t4?,5-/m0/s1. The Balaban J connectivity index is 2.42. The van der Waals surface area contributed by atoms with Crippen LogP contribution in [-0.4, -0.2) is 35.1 Å². The molecule has 1 rings (SSSR count). The van der Waals surface area contributed by atoms with Crippen LogP contribution in [0, 0.1) is 0 Å². The maximum atomic E-state index is 10.6. The van der Waals surface area contributed by atoms with E-state index in [1.807, 2.05) is 0 Å². The largest absolute Gasteiger partial charge is 0.391 e. The molecule has 3 heteroatoms. The van der Waals surface area contributed by atoms with Crippen LogP contribution < -0.4 is 0 Å². The van der Waals surface area contributed by atoms with Crippen molar-refractivity contribution in [2.75, 3.05) is 7.05 Å². The molecule has 0 aromatic heterocycles. The van der Waals surface area contributed by atoms with Gasteiger partial charge in [-0.1, -0.05) is 0 Å². The topological polar surface area (TPSA) is 40.5 Å². The molecule has 9 heavy (non-hydrogen) atoms. The number of nitrogens with zero attached hydrogens (tertiary/aromatic N) is 1. The lowest BCUT2D eigenvalue weighted by Gasteiger charge is -2.39. The molecular weight excluding hydrogens is 118 g/mol. The fraction of sp³-hybridized carbons (Fsp3) is 0.833. The quantitative estimate of drug-likeness (QED) is 0.489. The first-order valence-electron chi connectivity index (χ1n) is 3.06. The van der Waals surface area contributed by atoms with E-state index in [1.54, 1.807) is 18.9 Å². The van der Waals surface area contributed by atoms with Gasteiger partial charge in [-0.15, -0.1) is 0 Å². The Morgan fingerprint density at radius 1 is 1.89 bits per heavy atom. The number of rotatable bonds is 1. The van der Waals surface area contributed by atoms with E-state index in [0.717, 1.165) is 0 Å². The van der Waals surface area contributed by atoms with E-state index in [4.69, 9.17) is 5.11 Å². The molecule has 0 spiro atoms. The van der Waals surface area contributed by atoms with Gasteiger partial charge in [0.15, 0.2) is 0 Å². The number of hydrogen-bond donors (Lipinski definition) is 1. The minimum absolute atomic E-state index is 0.0671. The molecule has 52 valence electrons. The number of amides is 1. The van der Waals surface area contributed by atoms with Crippen molar-refractivity contribution >= 4 is 5.91 Å². The summed E-state index contributed by atoms with van der Waals surface area (Å²) in [6.45, 7) is 1.70. The molecule has 1 saturated heterocycles. The number of β-lactam (4-membered cyclic amide) rings is 1. The van der Waals surface area contributed by atoms with Crippen molar-refractivity contribution < 1.29 is 9.90 Å². The second-order valence-corrected chi connectivity index (χ2v) is 2.52. The molecule has 0 aromatic carbocycles. The van der Waals surface area contributed by atoms with Crippen LogP contribution in [0.4, 0.5) is 0 Å². The summed E-state index contributed by atoms with van der Waals surface area (Å²) in [6.07, 6.45) is 0.126. The molecule has 0 bridgehead atoms. The lowest BCUT2D eigenvalue weighted by Crippen LogP contribution is -2.54. The second-order valence-electron chi connectivity index (χ2n) is 2.52. The molecule has 1 aliphatic rings. The van der Waals surface area contributed by atoms with Crippen molar-refractivity contribution in [2.24, 2.45) is 0 Å². The maximum absolute atomic E-state index is 10.6. The Morgan fingerprint density at radius 2 is 2.44 bits per heavy atom. The van der Waals surface area contributed by atoms with Crippen LogP contribution in [-0.2, 0) is 4.79 Å². The smallest absolute Gasteiger partial charge is 0.224 e. The number of hydrogen-bond acceptors (Lipinski definition) is 2. The van der Waals surface area contributed by atoms with Crippen LogP contribution in [0.5, 0.6) is 0 Å². The van der Waals surface area contributed by atoms with Gasteiger partial charge in [-0.2, -0.15) is 0 Å².